The molecule has 0 saturated carbocycles. The molecule has 0 saturated heterocycles. The van der Waals surface area contributed by atoms with Crippen LogP contribution in [0.1, 0.15) is 10.4 Å². The molecule has 2 aromatic carbocycles. The van der Waals surface area contributed by atoms with E-state index in [-0.39, 0.29) is 16.1 Å². The third-order valence-electron chi connectivity index (χ3n) is 2.95. The standard InChI is InChI=1S/C16H15NO6S/c1-22-15(18)11-23-16(19)12-6-5-7-13(10-12)17-24(20,21)14-8-3-2-4-9-14/h2-10,17H,11H2,1H3. The first-order valence-electron chi connectivity index (χ1n) is 6.84. The molecule has 0 spiro atoms. The van der Waals surface area contributed by atoms with Crippen molar-refractivity contribution in [3.05, 3.63) is 60.2 Å². The fourth-order valence-electron chi connectivity index (χ4n) is 1.79. The monoisotopic (exact) mass is 349 g/mol. The molecule has 0 atom stereocenters. The van der Waals surface area contributed by atoms with Crippen molar-refractivity contribution in [2.24, 2.45) is 0 Å². The van der Waals surface area contributed by atoms with Crippen LogP contribution < -0.4 is 4.72 Å². The van der Waals surface area contributed by atoms with Gasteiger partial charge < -0.3 is 9.47 Å². The maximum Gasteiger partial charge on any atom is 0.344 e. The van der Waals surface area contributed by atoms with Gasteiger partial charge in [0.15, 0.2) is 6.61 Å². The lowest BCUT2D eigenvalue weighted by Gasteiger charge is -2.09. The van der Waals surface area contributed by atoms with E-state index in [1.54, 1.807) is 18.2 Å². The predicted molar refractivity (Wildman–Crippen MR) is 86.0 cm³/mol. The van der Waals surface area contributed by atoms with Crippen LogP contribution in [0.3, 0.4) is 0 Å². The topological polar surface area (TPSA) is 98.8 Å². The summed E-state index contributed by atoms with van der Waals surface area (Å²) < 4.78 is 36.0. The van der Waals surface area contributed by atoms with Crippen LogP contribution >= 0.6 is 0 Å². The molecule has 1 N–H and O–H groups in total. The lowest BCUT2D eigenvalue weighted by atomic mass is 10.2. The SMILES string of the molecule is COC(=O)COC(=O)c1cccc(NS(=O)(=O)c2ccccc2)c1. The molecule has 2 aromatic rings. The third-order valence-corrected chi connectivity index (χ3v) is 4.35. The number of sulfonamides is 1. The van der Waals surface area contributed by atoms with E-state index in [0.717, 1.165) is 0 Å². The van der Waals surface area contributed by atoms with Crippen molar-refractivity contribution >= 4 is 27.6 Å². The number of carbonyl (C=O) groups excluding carboxylic acids is 2. The zero-order valence-corrected chi connectivity index (χ0v) is 13.6. The quantitative estimate of drug-likeness (QED) is 0.799. The number of methoxy groups -OCH3 is 1. The first-order chi connectivity index (χ1) is 11.4. The summed E-state index contributed by atoms with van der Waals surface area (Å²) in [5.74, 6) is -1.45. The van der Waals surface area contributed by atoms with E-state index in [2.05, 4.69) is 9.46 Å². The number of ether oxygens (including phenoxy) is 2. The van der Waals surface area contributed by atoms with Crippen molar-refractivity contribution in [2.75, 3.05) is 18.4 Å². The van der Waals surface area contributed by atoms with Gasteiger partial charge in [-0.2, -0.15) is 0 Å². The van der Waals surface area contributed by atoms with Gasteiger partial charge in [-0.25, -0.2) is 18.0 Å². The Morgan fingerprint density at radius 2 is 1.75 bits per heavy atom. The van der Waals surface area contributed by atoms with Gasteiger partial charge in [0.1, 0.15) is 0 Å². The minimum Gasteiger partial charge on any atom is -0.466 e. The second kappa shape index (κ2) is 7.60. The van der Waals surface area contributed by atoms with Crippen LogP contribution in [0.4, 0.5) is 5.69 Å². The zero-order chi connectivity index (χ0) is 17.6. The summed E-state index contributed by atoms with van der Waals surface area (Å²) >= 11 is 0. The van der Waals surface area contributed by atoms with Crippen LogP contribution in [-0.2, 0) is 24.3 Å². The Balaban J connectivity index is 2.13. The minimum absolute atomic E-state index is 0.101. The summed E-state index contributed by atoms with van der Waals surface area (Å²) in [5.41, 5.74) is 0.304. The van der Waals surface area contributed by atoms with Crippen molar-refractivity contribution in [2.45, 2.75) is 4.90 Å². The van der Waals surface area contributed by atoms with Crippen LogP contribution in [-0.4, -0.2) is 34.1 Å². The Kier molecular flexibility index (Phi) is 5.54. The Hall–Kier alpha value is -2.87. The van der Waals surface area contributed by atoms with E-state index in [0.29, 0.717) is 0 Å². The van der Waals surface area contributed by atoms with Gasteiger partial charge >= 0.3 is 11.9 Å². The largest absolute Gasteiger partial charge is 0.466 e. The van der Waals surface area contributed by atoms with Crippen molar-refractivity contribution < 1.29 is 27.5 Å². The molecular weight excluding hydrogens is 334 g/mol. The van der Waals surface area contributed by atoms with E-state index in [9.17, 15) is 18.0 Å². The van der Waals surface area contributed by atoms with E-state index < -0.39 is 28.6 Å². The van der Waals surface area contributed by atoms with E-state index in [1.165, 1.54) is 43.5 Å². The number of benzene rings is 2. The predicted octanol–water partition coefficient (Wildman–Crippen LogP) is 1.82. The highest BCUT2D eigenvalue weighted by Gasteiger charge is 2.15. The lowest BCUT2D eigenvalue weighted by molar-refractivity contribution is -0.144. The molecule has 0 fully saturated rings. The molecule has 0 aliphatic rings. The third kappa shape index (κ3) is 4.56. The molecule has 126 valence electrons. The van der Waals surface area contributed by atoms with Crippen LogP contribution in [0.15, 0.2) is 59.5 Å². The van der Waals surface area contributed by atoms with Gasteiger partial charge in [0, 0.05) is 5.69 Å². The summed E-state index contributed by atoms with van der Waals surface area (Å²) in [7, 11) is -2.59. The Labute approximate surface area is 139 Å². The van der Waals surface area contributed by atoms with Crippen molar-refractivity contribution in [1.82, 2.24) is 0 Å². The fourth-order valence-corrected chi connectivity index (χ4v) is 2.86. The summed E-state index contributed by atoms with van der Waals surface area (Å²) in [6.07, 6.45) is 0. The summed E-state index contributed by atoms with van der Waals surface area (Å²) in [4.78, 5) is 22.9. The molecule has 7 nitrogen and oxygen atoms in total. The molecule has 0 unspecified atom stereocenters. The average molecular weight is 349 g/mol. The highest BCUT2D eigenvalue weighted by atomic mass is 32.2. The molecule has 0 radical (unpaired) electrons. The zero-order valence-electron chi connectivity index (χ0n) is 12.8. The van der Waals surface area contributed by atoms with Gasteiger partial charge in [-0.3, -0.25) is 4.72 Å². The number of esters is 2. The molecule has 8 heteroatoms. The molecule has 2 rings (SSSR count). The number of hydrogen-bond donors (Lipinski definition) is 1. The molecule has 24 heavy (non-hydrogen) atoms. The van der Waals surface area contributed by atoms with Gasteiger partial charge in [0.25, 0.3) is 10.0 Å². The second-order valence-electron chi connectivity index (χ2n) is 4.65. The minimum atomic E-state index is -3.76. The lowest BCUT2D eigenvalue weighted by Crippen LogP contribution is -2.16. The molecule has 0 aliphatic heterocycles. The summed E-state index contributed by atoms with van der Waals surface area (Å²) in [5, 5.41) is 0. The van der Waals surface area contributed by atoms with Crippen LogP contribution in [0.5, 0.6) is 0 Å². The second-order valence-corrected chi connectivity index (χ2v) is 6.33. The smallest absolute Gasteiger partial charge is 0.344 e. The number of nitrogens with one attached hydrogen (secondary N) is 1. The van der Waals surface area contributed by atoms with Crippen LogP contribution in [0.2, 0.25) is 0 Å². The Bertz CT molecular complexity index is 833. The number of hydrogen-bond acceptors (Lipinski definition) is 6. The molecule has 0 heterocycles. The van der Waals surface area contributed by atoms with Crippen molar-refractivity contribution in [3.8, 4) is 0 Å². The van der Waals surface area contributed by atoms with E-state index in [1.807, 2.05) is 0 Å². The number of carbonyl (C=O) groups is 2. The highest BCUT2D eigenvalue weighted by molar-refractivity contribution is 7.92. The van der Waals surface area contributed by atoms with Gasteiger partial charge in [0.05, 0.1) is 17.6 Å². The average Bonchev–Trinajstić information content (AvgIpc) is 2.60. The Morgan fingerprint density at radius 3 is 2.42 bits per heavy atom. The molecule has 0 amide bonds. The first-order valence-corrected chi connectivity index (χ1v) is 8.32. The maximum absolute atomic E-state index is 12.2. The molecule has 0 aromatic heterocycles. The summed E-state index contributed by atoms with van der Waals surface area (Å²) in [6, 6.07) is 13.6. The molecule has 0 bridgehead atoms. The normalized spacial score (nSPS) is 10.7. The van der Waals surface area contributed by atoms with Gasteiger partial charge in [-0.1, -0.05) is 24.3 Å². The van der Waals surface area contributed by atoms with Crippen molar-refractivity contribution in [3.63, 3.8) is 0 Å². The van der Waals surface area contributed by atoms with Crippen LogP contribution in [0, 0.1) is 0 Å². The van der Waals surface area contributed by atoms with Gasteiger partial charge in [-0.15, -0.1) is 0 Å². The maximum atomic E-state index is 12.2. The van der Waals surface area contributed by atoms with Gasteiger partial charge in [0.2, 0.25) is 0 Å². The molecular formula is C16H15NO6S. The van der Waals surface area contributed by atoms with E-state index >= 15 is 0 Å². The number of rotatable bonds is 6. The van der Waals surface area contributed by atoms with E-state index in [4.69, 9.17) is 4.74 Å². The number of anilines is 1. The Morgan fingerprint density at radius 1 is 1.04 bits per heavy atom. The highest BCUT2D eigenvalue weighted by Crippen LogP contribution is 2.17. The fraction of sp³-hybridized carbons (Fsp3) is 0.125. The molecule has 0 aliphatic carbocycles. The first kappa shape index (κ1) is 17.5. The van der Waals surface area contributed by atoms with Crippen molar-refractivity contribution in [1.29, 1.82) is 0 Å². The van der Waals surface area contributed by atoms with Gasteiger partial charge in [-0.05, 0) is 30.3 Å². The van der Waals surface area contributed by atoms with Crippen LogP contribution in [0.25, 0.3) is 0 Å². The summed E-state index contributed by atoms with van der Waals surface area (Å²) in [6.45, 7) is -0.519.